The molecule has 0 bridgehead atoms. The van der Waals surface area contributed by atoms with Crippen molar-refractivity contribution in [2.75, 3.05) is 5.32 Å². The molecular formula is C13H11ClN2O2. The maximum atomic E-state index is 11.9. The number of nitrogens with one attached hydrogen (secondary N) is 1. The van der Waals surface area contributed by atoms with Crippen molar-refractivity contribution >= 4 is 23.2 Å². The van der Waals surface area contributed by atoms with E-state index in [0.29, 0.717) is 22.0 Å². The van der Waals surface area contributed by atoms with E-state index in [-0.39, 0.29) is 11.7 Å². The van der Waals surface area contributed by atoms with Crippen LogP contribution in [0.25, 0.3) is 0 Å². The molecule has 1 heterocycles. The normalized spacial score (nSPS) is 10.1. The lowest BCUT2D eigenvalue weighted by Gasteiger charge is -2.06. The highest BCUT2D eigenvalue weighted by atomic mass is 35.5. The van der Waals surface area contributed by atoms with Crippen LogP contribution in [0.15, 0.2) is 36.5 Å². The van der Waals surface area contributed by atoms with Gasteiger partial charge in [-0.1, -0.05) is 11.6 Å². The van der Waals surface area contributed by atoms with E-state index in [1.54, 1.807) is 31.2 Å². The number of halogens is 1. The lowest BCUT2D eigenvalue weighted by atomic mass is 10.1. The number of hydrogen-bond acceptors (Lipinski definition) is 3. The minimum Gasteiger partial charge on any atom is -0.508 e. The molecule has 1 aromatic carbocycles. The summed E-state index contributed by atoms with van der Waals surface area (Å²) in [6.45, 7) is 1.73. The van der Waals surface area contributed by atoms with Gasteiger partial charge in [0.15, 0.2) is 0 Å². The van der Waals surface area contributed by atoms with E-state index in [2.05, 4.69) is 10.3 Å². The summed E-state index contributed by atoms with van der Waals surface area (Å²) in [5, 5.41) is 12.4. The van der Waals surface area contributed by atoms with Gasteiger partial charge in [0.25, 0.3) is 5.91 Å². The van der Waals surface area contributed by atoms with Gasteiger partial charge in [0.2, 0.25) is 0 Å². The minimum absolute atomic E-state index is 0.165. The fourth-order valence-corrected chi connectivity index (χ4v) is 1.65. The Morgan fingerprint density at radius 3 is 2.78 bits per heavy atom. The quantitative estimate of drug-likeness (QED) is 0.818. The molecule has 2 rings (SSSR count). The van der Waals surface area contributed by atoms with Crippen LogP contribution >= 0.6 is 11.6 Å². The molecule has 2 N–H and O–H groups in total. The van der Waals surface area contributed by atoms with E-state index in [1.807, 2.05) is 0 Å². The maximum absolute atomic E-state index is 11.9. The fraction of sp³-hybridized carbons (Fsp3) is 0.0769. The lowest BCUT2D eigenvalue weighted by molar-refractivity contribution is 0.102. The van der Waals surface area contributed by atoms with Crippen molar-refractivity contribution in [1.82, 2.24) is 4.98 Å². The van der Waals surface area contributed by atoms with Gasteiger partial charge in [0.1, 0.15) is 10.9 Å². The Kier molecular flexibility index (Phi) is 3.48. The van der Waals surface area contributed by atoms with Crippen LogP contribution in [0.4, 0.5) is 5.69 Å². The minimum atomic E-state index is -0.264. The van der Waals surface area contributed by atoms with E-state index >= 15 is 0 Å². The zero-order valence-corrected chi connectivity index (χ0v) is 10.4. The molecule has 4 nitrogen and oxygen atoms in total. The molecule has 0 unspecified atom stereocenters. The molecule has 5 heteroatoms. The van der Waals surface area contributed by atoms with Gasteiger partial charge in [-0.05, 0) is 42.8 Å². The van der Waals surface area contributed by atoms with Crippen LogP contribution in [-0.4, -0.2) is 16.0 Å². The first kappa shape index (κ1) is 12.4. The topological polar surface area (TPSA) is 62.2 Å². The number of aromatic hydroxyl groups is 1. The van der Waals surface area contributed by atoms with Crippen molar-refractivity contribution in [2.45, 2.75) is 6.92 Å². The smallest absolute Gasteiger partial charge is 0.255 e. The van der Waals surface area contributed by atoms with Crippen LogP contribution in [0, 0.1) is 6.92 Å². The van der Waals surface area contributed by atoms with Crippen LogP contribution in [-0.2, 0) is 0 Å². The van der Waals surface area contributed by atoms with Gasteiger partial charge in [0.05, 0.1) is 0 Å². The molecular weight excluding hydrogens is 252 g/mol. The second-order valence-electron chi connectivity index (χ2n) is 3.82. The zero-order valence-electron chi connectivity index (χ0n) is 9.64. The van der Waals surface area contributed by atoms with E-state index in [1.165, 1.54) is 12.3 Å². The van der Waals surface area contributed by atoms with Gasteiger partial charge >= 0.3 is 0 Å². The van der Waals surface area contributed by atoms with Crippen LogP contribution in [0.1, 0.15) is 15.9 Å². The third-order valence-electron chi connectivity index (χ3n) is 2.44. The van der Waals surface area contributed by atoms with Gasteiger partial charge in [0, 0.05) is 17.4 Å². The van der Waals surface area contributed by atoms with Crippen molar-refractivity contribution in [1.29, 1.82) is 0 Å². The highest BCUT2D eigenvalue weighted by molar-refractivity contribution is 6.29. The number of carbonyl (C=O) groups excluding carboxylic acids is 1. The van der Waals surface area contributed by atoms with E-state index in [9.17, 15) is 9.90 Å². The first-order chi connectivity index (χ1) is 8.56. The number of hydrogen-bond donors (Lipinski definition) is 2. The third kappa shape index (κ3) is 2.78. The molecule has 1 aromatic heterocycles. The number of nitrogens with zero attached hydrogens (tertiary/aromatic N) is 1. The van der Waals surface area contributed by atoms with E-state index in [4.69, 9.17) is 11.6 Å². The van der Waals surface area contributed by atoms with Crippen LogP contribution in [0.3, 0.4) is 0 Å². The Morgan fingerprint density at radius 1 is 1.33 bits per heavy atom. The van der Waals surface area contributed by atoms with Crippen molar-refractivity contribution in [3.63, 3.8) is 0 Å². The third-order valence-corrected chi connectivity index (χ3v) is 2.65. The first-order valence-electron chi connectivity index (χ1n) is 5.29. The molecule has 0 spiro atoms. The summed E-state index contributed by atoms with van der Waals surface area (Å²) in [4.78, 5) is 15.8. The number of pyridine rings is 1. The zero-order chi connectivity index (χ0) is 13.1. The SMILES string of the molecule is Cc1cc(C(=O)Nc2ccnc(Cl)c2)ccc1O. The number of carbonyl (C=O) groups is 1. The average Bonchev–Trinajstić information content (AvgIpc) is 2.32. The number of aromatic nitrogens is 1. The first-order valence-corrected chi connectivity index (χ1v) is 5.66. The summed E-state index contributed by atoms with van der Waals surface area (Å²) in [5.74, 6) is -0.0983. The van der Waals surface area contributed by atoms with Crippen molar-refractivity contribution in [2.24, 2.45) is 0 Å². The molecule has 0 saturated carbocycles. The Hall–Kier alpha value is -2.07. The van der Waals surface area contributed by atoms with Crippen LogP contribution in [0.5, 0.6) is 5.75 Å². The number of phenols is 1. The summed E-state index contributed by atoms with van der Waals surface area (Å²) in [6.07, 6.45) is 1.51. The highest BCUT2D eigenvalue weighted by Crippen LogP contribution is 2.18. The summed E-state index contributed by atoms with van der Waals surface area (Å²) in [5.41, 5.74) is 1.69. The molecule has 0 radical (unpaired) electrons. The molecule has 0 aliphatic rings. The van der Waals surface area contributed by atoms with Crippen molar-refractivity contribution < 1.29 is 9.90 Å². The molecule has 2 aromatic rings. The van der Waals surface area contributed by atoms with Gasteiger partial charge in [-0.15, -0.1) is 0 Å². The van der Waals surface area contributed by atoms with Gasteiger partial charge < -0.3 is 10.4 Å². The maximum Gasteiger partial charge on any atom is 0.255 e. The van der Waals surface area contributed by atoms with Gasteiger partial charge in [-0.25, -0.2) is 4.98 Å². The Balaban J connectivity index is 2.19. The molecule has 0 atom stereocenters. The Bertz CT molecular complexity index is 599. The average molecular weight is 263 g/mol. The predicted octanol–water partition coefficient (Wildman–Crippen LogP) is 3.00. The number of rotatable bonds is 2. The van der Waals surface area contributed by atoms with Gasteiger partial charge in [-0.2, -0.15) is 0 Å². The van der Waals surface area contributed by atoms with Crippen LogP contribution < -0.4 is 5.32 Å². The Morgan fingerprint density at radius 2 is 2.11 bits per heavy atom. The monoisotopic (exact) mass is 262 g/mol. The molecule has 0 aliphatic heterocycles. The van der Waals surface area contributed by atoms with Crippen LogP contribution in [0.2, 0.25) is 5.15 Å². The molecule has 1 amide bonds. The van der Waals surface area contributed by atoms with Crippen molar-refractivity contribution in [3.05, 3.63) is 52.8 Å². The van der Waals surface area contributed by atoms with Gasteiger partial charge in [-0.3, -0.25) is 4.79 Å². The lowest BCUT2D eigenvalue weighted by Crippen LogP contribution is -2.12. The van der Waals surface area contributed by atoms with Crippen molar-refractivity contribution in [3.8, 4) is 5.75 Å². The number of anilines is 1. The Labute approximate surface area is 109 Å². The fourth-order valence-electron chi connectivity index (χ4n) is 1.48. The summed E-state index contributed by atoms with van der Waals surface area (Å²) in [7, 11) is 0. The largest absolute Gasteiger partial charge is 0.508 e. The molecule has 92 valence electrons. The molecule has 18 heavy (non-hydrogen) atoms. The summed E-state index contributed by atoms with van der Waals surface area (Å²) < 4.78 is 0. The molecule has 0 aliphatic carbocycles. The second kappa shape index (κ2) is 5.06. The number of benzene rings is 1. The number of amides is 1. The second-order valence-corrected chi connectivity index (χ2v) is 4.21. The predicted molar refractivity (Wildman–Crippen MR) is 70.0 cm³/mol. The number of aryl methyl sites for hydroxylation is 1. The highest BCUT2D eigenvalue weighted by Gasteiger charge is 2.08. The molecule has 0 fully saturated rings. The number of phenolic OH excluding ortho intramolecular Hbond substituents is 1. The van der Waals surface area contributed by atoms with E-state index < -0.39 is 0 Å². The summed E-state index contributed by atoms with van der Waals surface area (Å²) >= 11 is 5.72. The summed E-state index contributed by atoms with van der Waals surface area (Å²) in [6, 6.07) is 7.88. The molecule has 0 saturated heterocycles. The standard InChI is InChI=1S/C13H11ClN2O2/c1-8-6-9(2-3-11(8)17)13(18)16-10-4-5-15-12(14)7-10/h2-7,17H,1H3,(H,15,16,18). The van der Waals surface area contributed by atoms with E-state index in [0.717, 1.165) is 0 Å².